The predicted octanol–water partition coefficient (Wildman–Crippen LogP) is 3.81. The van der Waals surface area contributed by atoms with Crippen LogP contribution in [0.25, 0.3) is 6.08 Å². The van der Waals surface area contributed by atoms with Crippen LogP contribution in [0, 0.1) is 5.41 Å². The molecule has 0 unspecified atom stereocenters. The molecule has 2 aliphatic rings. The summed E-state index contributed by atoms with van der Waals surface area (Å²) >= 11 is 6.60. The number of halogens is 1. The molecule has 0 bridgehead atoms. The van der Waals surface area contributed by atoms with Crippen LogP contribution in [0.15, 0.2) is 63.5 Å². The van der Waals surface area contributed by atoms with Gasteiger partial charge in [-0.2, -0.15) is 9.39 Å². The van der Waals surface area contributed by atoms with Crippen molar-refractivity contribution >= 4 is 61.5 Å². The number of sulfone groups is 1. The number of ether oxygens (including phenoxy) is 2. The molecule has 1 N–H and O–H groups in total. The highest BCUT2D eigenvalue weighted by Crippen LogP contribution is 2.29. The van der Waals surface area contributed by atoms with E-state index in [1.165, 1.54) is 6.08 Å². The van der Waals surface area contributed by atoms with E-state index in [9.17, 15) is 13.2 Å². The lowest BCUT2D eigenvalue weighted by atomic mass is 10.1. The molecule has 0 radical (unpaired) electrons. The Morgan fingerprint density at radius 1 is 1.06 bits per heavy atom. The first-order valence-corrected chi connectivity index (χ1v) is 13.1. The van der Waals surface area contributed by atoms with Crippen LogP contribution in [0.1, 0.15) is 12.0 Å². The first-order chi connectivity index (χ1) is 16.2. The maximum Gasteiger partial charge on any atom is 0.283 e. The lowest BCUT2D eigenvalue weighted by Crippen LogP contribution is -2.45. The van der Waals surface area contributed by atoms with Gasteiger partial charge < -0.3 is 9.47 Å². The zero-order valence-corrected chi connectivity index (χ0v) is 20.3. The summed E-state index contributed by atoms with van der Waals surface area (Å²) in [6, 6.07) is 14.1. The molecule has 0 saturated carbocycles. The molecule has 2 aliphatic heterocycles. The summed E-state index contributed by atoms with van der Waals surface area (Å²) in [4.78, 5) is 17.4. The van der Waals surface area contributed by atoms with Crippen LogP contribution < -0.4 is 9.47 Å². The Hall–Kier alpha value is -3.15. The quantitative estimate of drug-likeness (QED) is 0.336. The topological polar surface area (TPSA) is 121 Å². The number of carbonyl (C=O) groups excluding carboxylic acids is 1. The van der Waals surface area contributed by atoms with E-state index >= 15 is 0 Å². The van der Waals surface area contributed by atoms with Gasteiger partial charge in [-0.15, -0.1) is 0 Å². The summed E-state index contributed by atoms with van der Waals surface area (Å²) in [5.41, 5.74) is 0.602. The summed E-state index contributed by atoms with van der Waals surface area (Å²) in [5, 5.41) is 8.75. The number of fused-ring (bicyclic) bond motifs is 1. The molecule has 4 rings (SSSR count). The van der Waals surface area contributed by atoms with E-state index in [0.29, 0.717) is 36.0 Å². The summed E-state index contributed by atoms with van der Waals surface area (Å²) in [6.45, 7) is 0.945. The van der Waals surface area contributed by atoms with E-state index in [-0.39, 0.29) is 21.7 Å². The van der Waals surface area contributed by atoms with Gasteiger partial charge in [0.25, 0.3) is 5.91 Å². The fraction of sp³-hybridized carbons (Fsp3) is 0.182. The van der Waals surface area contributed by atoms with Gasteiger partial charge in [0, 0.05) is 17.7 Å². The van der Waals surface area contributed by atoms with Gasteiger partial charge in [-0.25, -0.2) is 13.3 Å². The van der Waals surface area contributed by atoms with Gasteiger partial charge in [-0.3, -0.25) is 10.2 Å². The molecule has 1 amide bonds. The minimum absolute atomic E-state index is 0.0318. The highest BCUT2D eigenvalue weighted by atomic mass is 35.5. The van der Waals surface area contributed by atoms with Crippen LogP contribution in [0.5, 0.6) is 11.5 Å². The molecule has 0 spiro atoms. The van der Waals surface area contributed by atoms with Gasteiger partial charge in [0.15, 0.2) is 0 Å². The van der Waals surface area contributed by atoms with Crippen LogP contribution in [-0.4, -0.2) is 54.9 Å². The number of amides is 1. The maximum atomic E-state index is 12.4. The minimum atomic E-state index is -3.69. The largest absolute Gasteiger partial charge is 0.493 e. The van der Waals surface area contributed by atoms with E-state index in [0.717, 1.165) is 28.9 Å². The summed E-state index contributed by atoms with van der Waals surface area (Å²) in [5.74, 6) is 0.463. The number of hydrogen-bond donors (Lipinski definition) is 1. The van der Waals surface area contributed by atoms with Gasteiger partial charge >= 0.3 is 0 Å². The third-order valence-electron chi connectivity index (χ3n) is 4.66. The van der Waals surface area contributed by atoms with Gasteiger partial charge in [0.2, 0.25) is 20.2 Å². The van der Waals surface area contributed by atoms with Crippen LogP contribution in [0.3, 0.4) is 0 Å². The van der Waals surface area contributed by atoms with Crippen molar-refractivity contribution < 1.29 is 22.7 Å². The standard InChI is InChI=1S/C22H19ClN4O5S2/c1-34(29,30)22-26-33-21-25-20(28)18(19(24)27(21)22)13-14-3-7-16(8-4-14)31-11-2-12-32-17-9-5-15(23)6-10-17/h3-10,13,24H,2,11-12H2,1H3/b18-13-,24-19?. The van der Waals surface area contributed by atoms with Gasteiger partial charge in [-0.05, 0) is 48.0 Å². The third kappa shape index (κ3) is 5.49. The average molecular weight is 519 g/mol. The van der Waals surface area contributed by atoms with E-state index in [2.05, 4.69) is 9.39 Å². The van der Waals surface area contributed by atoms with Crippen LogP contribution in [-0.2, 0) is 14.6 Å². The first kappa shape index (κ1) is 24.0. The van der Waals surface area contributed by atoms with Gasteiger partial charge in [0.05, 0.1) is 30.7 Å². The fourth-order valence-electron chi connectivity index (χ4n) is 3.03. The molecule has 0 aliphatic carbocycles. The minimum Gasteiger partial charge on any atom is -0.493 e. The molecule has 34 heavy (non-hydrogen) atoms. The molecule has 2 aromatic carbocycles. The number of nitrogens with zero attached hydrogens (tertiary/aromatic N) is 3. The molecule has 0 atom stereocenters. The highest BCUT2D eigenvalue weighted by molar-refractivity contribution is 8.16. The number of hydrogen-bond acceptors (Lipinski definition) is 8. The second-order valence-electron chi connectivity index (χ2n) is 7.25. The van der Waals surface area contributed by atoms with E-state index in [1.54, 1.807) is 48.5 Å². The van der Waals surface area contributed by atoms with Crippen molar-refractivity contribution in [2.24, 2.45) is 9.39 Å². The second kappa shape index (κ2) is 10.00. The third-order valence-corrected chi connectivity index (χ3v) is 6.66. The molecule has 0 fully saturated rings. The molecule has 12 heteroatoms. The van der Waals surface area contributed by atoms with Crippen LogP contribution in [0.2, 0.25) is 5.02 Å². The van der Waals surface area contributed by atoms with Crippen molar-refractivity contribution in [3.8, 4) is 11.5 Å². The van der Waals surface area contributed by atoms with E-state index in [4.69, 9.17) is 26.5 Å². The number of aliphatic imine (C=N–C) groups is 1. The Labute approximate surface area is 205 Å². The second-order valence-corrected chi connectivity index (χ2v) is 10.3. The monoisotopic (exact) mass is 518 g/mol. The van der Waals surface area contributed by atoms with Crippen LogP contribution in [0.4, 0.5) is 0 Å². The van der Waals surface area contributed by atoms with Gasteiger partial charge in [0.1, 0.15) is 17.3 Å². The molecular weight excluding hydrogens is 500 g/mol. The van der Waals surface area contributed by atoms with Gasteiger partial charge in [-0.1, -0.05) is 23.7 Å². The molecule has 9 nitrogen and oxygen atoms in total. The van der Waals surface area contributed by atoms with Crippen molar-refractivity contribution in [3.63, 3.8) is 0 Å². The number of carbonyl (C=O) groups is 1. The SMILES string of the molecule is CS(=O)(=O)C1=NSC2=NC(=O)/C(=C\c3ccc(OCCCOc4ccc(Cl)cc4)cc3)C(=N)N21. The van der Waals surface area contributed by atoms with Crippen LogP contribution >= 0.6 is 23.5 Å². The molecule has 2 heterocycles. The first-order valence-electron chi connectivity index (χ1n) is 10.0. The van der Waals surface area contributed by atoms with Crippen molar-refractivity contribution in [3.05, 3.63) is 64.7 Å². The molecule has 176 valence electrons. The number of rotatable bonds is 7. The Morgan fingerprint density at radius 2 is 1.65 bits per heavy atom. The Bertz CT molecular complexity index is 1320. The fourth-order valence-corrected chi connectivity index (χ4v) is 5.01. The lowest BCUT2D eigenvalue weighted by Gasteiger charge is -2.23. The normalized spacial score (nSPS) is 16.9. The lowest BCUT2D eigenvalue weighted by molar-refractivity contribution is -0.114. The molecular formula is C22H19ClN4O5S2. The molecule has 0 saturated heterocycles. The van der Waals surface area contributed by atoms with Crippen molar-refractivity contribution in [1.29, 1.82) is 5.41 Å². The van der Waals surface area contributed by atoms with Crippen molar-refractivity contribution in [2.75, 3.05) is 19.5 Å². The Balaban J connectivity index is 1.35. The zero-order chi connectivity index (χ0) is 24.3. The number of benzene rings is 2. The van der Waals surface area contributed by atoms with E-state index < -0.39 is 15.7 Å². The predicted molar refractivity (Wildman–Crippen MR) is 133 cm³/mol. The smallest absolute Gasteiger partial charge is 0.283 e. The maximum absolute atomic E-state index is 12.4. The highest BCUT2D eigenvalue weighted by Gasteiger charge is 2.41. The van der Waals surface area contributed by atoms with E-state index in [1.807, 2.05) is 0 Å². The Morgan fingerprint density at radius 3 is 2.24 bits per heavy atom. The zero-order valence-electron chi connectivity index (χ0n) is 17.9. The Kier molecular flexibility index (Phi) is 7.05. The van der Waals surface area contributed by atoms with Crippen molar-refractivity contribution in [2.45, 2.75) is 6.42 Å². The molecule has 0 aromatic heterocycles. The number of nitrogens with one attached hydrogen (secondary N) is 1. The summed E-state index contributed by atoms with van der Waals surface area (Å²) < 4.78 is 39.1. The summed E-state index contributed by atoms with van der Waals surface area (Å²) in [7, 11) is -3.69. The van der Waals surface area contributed by atoms with Crippen molar-refractivity contribution in [1.82, 2.24) is 4.90 Å². The average Bonchev–Trinajstić information content (AvgIpc) is 3.23. The number of amidine groups is 3. The summed E-state index contributed by atoms with van der Waals surface area (Å²) in [6.07, 6.45) is 3.15. The molecule has 2 aromatic rings.